The lowest BCUT2D eigenvalue weighted by Crippen LogP contribution is -2.46. The number of alkyl halides is 2. The zero-order valence-corrected chi connectivity index (χ0v) is 78.8. The lowest BCUT2D eigenvalue weighted by atomic mass is 9.80. The molecule has 0 bridgehead atoms. The van der Waals surface area contributed by atoms with Gasteiger partial charge in [-0.3, -0.25) is 18.9 Å². The largest absolute Gasteiger partial charge is 0.444 e. The smallest absolute Gasteiger partial charge is 0.408 e. The second kappa shape index (κ2) is 41.8. The van der Waals surface area contributed by atoms with Crippen LogP contribution < -0.4 is 27.4 Å². The van der Waals surface area contributed by atoms with Gasteiger partial charge in [-0.15, -0.1) is 11.6 Å². The molecule has 0 aromatic heterocycles. The molecule has 1 aromatic carbocycles. The van der Waals surface area contributed by atoms with Crippen molar-refractivity contribution in [1.29, 1.82) is 26.3 Å². The molecule has 13 saturated carbocycles. The van der Waals surface area contributed by atoms with Crippen LogP contribution in [-0.4, -0.2) is 145 Å². The van der Waals surface area contributed by atoms with Gasteiger partial charge in [0.15, 0.2) is 5.78 Å². The van der Waals surface area contributed by atoms with Gasteiger partial charge in [0, 0.05) is 77.2 Å². The van der Waals surface area contributed by atoms with Gasteiger partial charge in [-0.1, -0.05) is 31.5 Å². The molecular formula is C96H149ClFN11O14S. The number of alkyl carbamates (subject to hydrolysis) is 3. The summed E-state index contributed by atoms with van der Waals surface area (Å²) in [6.07, 6.45) is 24.4. The summed E-state index contributed by atoms with van der Waals surface area (Å²) in [5.41, 5.74) is 11.5. The lowest BCUT2D eigenvalue weighted by Gasteiger charge is -2.29. The Morgan fingerprint density at radius 1 is 0.516 bits per heavy atom. The number of carbonyl (C=O) groups is 6. The first-order chi connectivity index (χ1) is 57.3. The molecule has 13 aliphatic carbocycles. The summed E-state index contributed by atoms with van der Waals surface area (Å²) in [4.78, 5) is 72.2. The van der Waals surface area contributed by atoms with Crippen molar-refractivity contribution < 1.29 is 70.6 Å². The standard InChI is InChI=1S/C19H27N3O.C15H24N2O2.C14H25NO3.C14H23NO3.C10H16N2.C9H17NO.C8H9ClFNO.C7H8O3S/c1-13-5-17(11-21)22(12-13)18(23)3-4-19(2)8-15-6-14(10-20)7-16(15)9-19;1-14(2,3)19-13(18)17-15(4)7-11-5-10(9-16)6-12(11)8-15;2*1-13(2,3)18-12(17)15-14(4)7-9-5-11(16)6-10(9)8-14;1-10(12)4-8-2-7(6-11)3-9(8)5-10;1-9(10)4-6-2-8(11)3-7(6)5-9;9-3-8(12)7-2-6(10)1-5(7)4-11;1-6-2-4-7(5-3-6)11(8,9)10/h13-17H,3-9,12H2,1-2H3;10-12H,5-8H2,1-4H3,(H,17,18);9-11,16H,5-8H2,1-4H3,(H,15,17);9-10H,5-8H2,1-4H3,(H,15,17);7-9H,2-5,12H2,1H3;6-8,11H,2-5,10H2,1H3;5-7H,1-3H2;2-5H,1H3,(H,8,9,10)/t13-,14?,15-,16+,17-,19?;10?,11-,12+,15?;9-,10+,11?,14?;9-,10+,14?;7?,8-,9+,10?;6-,7+,8?,9?;5-,6-,7?;/m0.....0./s1. The van der Waals surface area contributed by atoms with E-state index < -0.39 is 44.9 Å². The number of amides is 4. The van der Waals surface area contributed by atoms with Crippen molar-refractivity contribution in [2.45, 2.75) is 378 Å². The van der Waals surface area contributed by atoms with E-state index in [1.54, 1.807) is 17.0 Å². The summed E-state index contributed by atoms with van der Waals surface area (Å²) in [6.45, 7) is 34.3. The molecule has 10 N–H and O–H groups in total. The molecule has 28 atom stereocenters. The SMILES string of the molecule is CC1(N)C[C@H]2CC(C#N)C[C@H]2C1.CC1(N)C[C@H]2CC(O)C[C@H]2C1.CC1(NC(=O)OC(C)(C)C)C[C@H]2CC(=O)C[C@H]2C1.CC1(NC(=O)OC(C)(C)C)C[C@H]2CC(C#N)C[C@H]2C1.CC1(NC(=O)OC(C)(C)C)C[C@H]2CC(O)C[C@H]2C1.C[C@H]1C[C@@H](C#N)N(C(=O)CCC2(C)C[C@H]3CC(C#N)C[C@H]3C2)C1.Cc1ccc(S(=O)(=O)O)cc1.N#C[C@@H]1C[C@H](F)CC1C(=O)CCl. The van der Waals surface area contributed by atoms with Crippen LogP contribution in [0.25, 0.3) is 0 Å². The van der Waals surface area contributed by atoms with E-state index in [9.17, 15) is 57.1 Å². The van der Waals surface area contributed by atoms with Gasteiger partial charge in [0.1, 0.15) is 34.8 Å². The fourth-order valence-corrected chi connectivity index (χ4v) is 25.0. The van der Waals surface area contributed by atoms with E-state index in [4.69, 9.17) is 62.9 Å². The molecule has 0 spiro atoms. The van der Waals surface area contributed by atoms with E-state index in [1.165, 1.54) is 25.0 Å². The monoisotopic (exact) mass is 1770 g/mol. The summed E-state index contributed by atoms with van der Waals surface area (Å²) >= 11 is 5.32. The number of nitriles is 5. The second-order valence-electron chi connectivity index (χ2n) is 45.2. The topological polar surface area (TPSA) is 435 Å². The number of aliphatic hydroxyl groups excluding tert-OH is 2. The van der Waals surface area contributed by atoms with Gasteiger partial charge in [0.05, 0.1) is 59.2 Å². The molecule has 25 nitrogen and oxygen atoms in total. The van der Waals surface area contributed by atoms with Crippen LogP contribution in [0, 0.1) is 176 Å². The number of hydrogen-bond acceptors (Lipinski definition) is 20. The normalized spacial score (nSPS) is 38.9. The minimum absolute atomic E-state index is 0.0268. The minimum atomic E-state index is -4.02. The highest BCUT2D eigenvalue weighted by molar-refractivity contribution is 7.85. The van der Waals surface area contributed by atoms with Gasteiger partial charge in [-0.25, -0.2) is 18.8 Å². The fraction of sp³-hybridized carbons (Fsp3) is 0.823. The van der Waals surface area contributed by atoms with Gasteiger partial charge in [-0.05, 0) is 365 Å². The molecule has 0 radical (unpaired) electrons. The number of halogens is 2. The van der Waals surface area contributed by atoms with E-state index in [0.29, 0.717) is 84.2 Å². The van der Waals surface area contributed by atoms with Crippen LogP contribution in [0.15, 0.2) is 29.2 Å². The maximum atomic E-state index is 12.8. The molecule has 4 amide bonds. The number of nitrogens with one attached hydrogen (secondary N) is 3. The molecule has 12 unspecified atom stereocenters. The van der Waals surface area contributed by atoms with Crippen LogP contribution in [0.4, 0.5) is 18.8 Å². The third-order valence-electron chi connectivity index (χ3n) is 28.9. The number of aliphatic hydroxyl groups is 2. The molecule has 1 saturated heterocycles. The van der Waals surface area contributed by atoms with Crippen LogP contribution in [0.3, 0.4) is 0 Å². The number of Topliss-reactive ketones (excluding diaryl/α,β-unsaturated/α-hetero) is 2. The number of rotatable bonds is 9. The number of ketones is 2. The summed E-state index contributed by atoms with van der Waals surface area (Å²) < 4.78 is 58.2. The molecule has 1 aromatic rings. The van der Waals surface area contributed by atoms with Crippen molar-refractivity contribution in [2.75, 3.05) is 12.4 Å². The highest BCUT2D eigenvalue weighted by atomic mass is 35.5. The number of hydrogen-bond donors (Lipinski definition) is 8. The Balaban J connectivity index is 0.000000178. The average Bonchev–Trinajstić information content (AvgIpc) is 1.63. The van der Waals surface area contributed by atoms with Crippen LogP contribution in [0.2, 0.25) is 0 Å². The fourth-order valence-electron chi connectivity index (χ4n) is 24.4. The predicted molar refractivity (Wildman–Crippen MR) is 471 cm³/mol. The molecule has 124 heavy (non-hydrogen) atoms. The van der Waals surface area contributed by atoms with Gasteiger partial charge >= 0.3 is 18.3 Å². The van der Waals surface area contributed by atoms with Crippen molar-refractivity contribution in [2.24, 2.45) is 123 Å². The number of fused-ring (bicyclic) bond motifs is 6. The molecule has 28 heteroatoms. The van der Waals surface area contributed by atoms with E-state index in [2.05, 4.69) is 88.7 Å². The minimum Gasteiger partial charge on any atom is -0.444 e. The molecule has 692 valence electrons. The lowest BCUT2D eigenvalue weighted by molar-refractivity contribution is -0.132. The van der Waals surface area contributed by atoms with E-state index in [1.807, 2.05) is 75.3 Å². The molecule has 1 heterocycles. The quantitative estimate of drug-likeness (QED) is 0.0646. The predicted octanol–water partition coefficient (Wildman–Crippen LogP) is 17.3. The number of benzene rings is 1. The van der Waals surface area contributed by atoms with Crippen LogP contribution >= 0.6 is 11.6 Å². The molecule has 14 aliphatic rings. The number of aryl methyl sites for hydroxylation is 1. The third kappa shape index (κ3) is 30.7. The molecule has 15 rings (SSSR count). The van der Waals surface area contributed by atoms with E-state index >= 15 is 0 Å². The van der Waals surface area contributed by atoms with Crippen molar-refractivity contribution in [3.63, 3.8) is 0 Å². The van der Waals surface area contributed by atoms with Crippen LogP contribution in [-0.2, 0) is 38.7 Å². The van der Waals surface area contributed by atoms with E-state index in [-0.39, 0.29) is 117 Å². The summed E-state index contributed by atoms with van der Waals surface area (Å²) in [5.74, 6) is 8.07. The van der Waals surface area contributed by atoms with Crippen molar-refractivity contribution in [3.05, 3.63) is 29.8 Å². The summed E-state index contributed by atoms with van der Waals surface area (Å²) in [7, 11) is -4.02. The Bertz CT molecular complexity index is 4100. The zero-order chi connectivity index (χ0) is 92.4. The van der Waals surface area contributed by atoms with E-state index in [0.717, 1.165) is 177 Å². The Morgan fingerprint density at radius 2 is 0.847 bits per heavy atom. The van der Waals surface area contributed by atoms with Gasteiger partial charge in [-0.2, -0.15) is 34.7 Å². The zero-order valence-electron chi connectivity index (χ0n) is 77.3. The third-order valence-corrected chi connectivity index (χ3v) is 30.0. The first-order valence-electron chi connectivity index (χ1n) is 45.9. The second-order valence-corrected chi connectivity index (χ2v) is 46.9. The molecular weight excluding hydrogens is 1620 g/mol. The van der Waals surface area contributed by atoms with Crippen LogP contribution in [0.5, 0.6) is 0 Å². The number of likely N-dealkylation sites (tertiary alicyclic amines) is 1. The van der Waals surface area contributed by atoms with Gasteiger partial charge in [0.25, 0.3) is 10.1 Å². The Labute approximate surface area is 744 Å². The van der Waals surface area contributed by atoms with Gasteiger partial charge < -0.3 is 56.7 Å². The van der Waals surface area contributed by atoms with Crippen LogP contribution in [0.1, 0.15) is 303 Å². The summed E-state index contributed by atoms with van der Waals surface area (Å²) in [5, 5.41) is 72.7. The highest BCUT2D eigenvalue weighted by Crippen LogP contribution is 2.58. The molecule has 1 aliphatic heterocycles. The van der Waals surface area contributed by atoms with Gasteiger partial charge in [0.2, 0.25) is 5.91 Å². The maximum absolute atomic E-state index is 12.8. The van der Waals surface area contributed by atoms with Crippen molar-refractivity contribution in [3.8, 4) is 30.3 Å². The first-order valence-corrected chi connectivity index (χ1v) is 47.9. The maximum Gasteiger partial charge on any atom is 0.408 e. The Morgan fingerprint density at radius 3 is 1.17 bits per heavy atom. The average molecular weight is 1770 g/mol. The van der Waals surface area contributed by atoms with Crippen molar-refractivity contribution >= 4 is 57.5 Å². The number of nitrogens with zero attached hydrogens (tertiary/aromatic N) is 6. The Kier molecular flexibility index (Phi) is 34.6. The Hall–Kier alpha value is -6.74. The number of ether oxygens (including phenoxy) is 3. The highest BCUT2D eigenvalue weighted by Gasteiger charge is 2.54. The number of nitrogens with two attached hydrogens (primary N) is 2. The first kappa shape index (κ1) is 103. The summed E-state index contributed by atoms with van der Waals surface area (Å²) in [6, 6.07) is 17.2. The number of carbonyl (C=O) groups excluding carboxylic acids is 6. The molecule has 14 fully saturated rings. The van der Waals surface area contributed by atoms with Crippen molar-refractivity contribution in [1.82, 2.24) is 20.9 Å².